The third kappa shape index (κ3) is 7.23. The second-order valence-electron chi connectivity index (χ2n) is 12.0. The van der Waals surface area contributed by atoms with Gasteiger partial charge in [0.1, 0.15) is 6.61 Å². The molecule has 2 aromatic carbocycles. The van der Waals surface area contributed by atoms with E-state index in [1.807, 2.05) is 41.4 Å². The van der Waals surface area contributed by atoms with Gasteiger partial charge in [0.05, 0.1) is 33.3 Å². The van der Waals surface area contributed by atoms with Crippen molar-refractivity contribution in [1.29, 1.82) is 0 Å². The summed E-state index contributed by atoms with van der Waals surface area (Å²) in [5.41, 5.74) is 2.79. The van der Waals surface area contributed by atoms with E-state index in [2.05, 4.69) is 30.0 Å². The van der Waals surface area contributed by atoms with Crippen molar-refractivity contribution in [3.8, 4) is 0 Å². The highest BCUT2D eigenvalue weighted by Gasteiger charge is 2.39. The summed E-state index contributed by atoms with van der Waals surface area (Å²) >= 11 is 12.3. The summed E-state index contributed by atoms with van der Waals surface area (Å²) in [5.74, 6) is -0.0758. The summed E-state index contributed by atoms with van der Waals surface area (Å²) in [7, 11) is 0.198. The Hall–Kier alpha value is -2.69. The van der Waals surface area contributed by atoms with Gasteiger partial charge in [0, 0.05) is 30.9 Å². The maximum atomic E-state index is 13.9. The monoisotopic (exact) mass is 658 g/mol. The number of halogens is 2. The number of para-hydroxylation sites is 1. The van der Waals surface area contributed by atoms with Crippen molar-refractivity contribution in [1.82, 2.24) is 14.8 Å². The highest BCUT2D eigenvalue weighted by Crippen LogP contribution is 2.40. The van der Waals surface area contributed by atoms with E-state index in [-0.39, 0.29) is 39.5 Å². The fourth-order valence-corrected chi connectivity index (χ4v) is 8.54. The molecule has 236 valence electrons. The van der Waals surface area contributed by atoms with Crippen LogP contribution in [0.1, 0.15) is 43.2 Å². The molecule has 3 aromatic rings. The standard InChI is InChI=1S/C33H40Cl2N4O4S/c1-37(2)18-6-14-33(26-8-5-17-36-22-26)15-19-38(20-16-33)32(40)24-43-23-27-11-10-25-7-3-4-9-31(25)39(27)44(41,42)28-12-13-29(34)30(35)21-28/h3-5,7-9,12-13,17,21-22,27H,6,10-11,14-16,18-20,23-24H2,1-2H3. The van der Waals surface area contributed by atoms with E-state index in [0.29, 0.717) is 31.6 Å². The molecule has 8 nitrogen and oxygen atoms in total. The topological polar surface area (TPSA) is 83.1 Å². The van der Waals surface area contributed by atoms with Gasteiger partial charge >= 0.3 is 0 Å². The Balaban J connectivity index is 1.24. The van der Waals surface area contributed by atoms with Crippen LogP contribution in [0.3, 0.4) is 0 Å². The normalized spacial score (nSPS) is 18.3. The highest BCUT2D eigenvalue weighted by atomic mass is 35.5. The summed E-state index contributed by atoms with van der Waals surface area (Å²) in [6, 6.07) is 15.5. The van der Waals surface area contributed by atoms with Crippen LogP contribution >= 0.6 is 23.2 Å². The number of nitrogens with zero attached hydrogens (tertiary/aromatic N) is 4. The number of rotatable bonds is 11. The molecule has 3 heterocycles. The number of benzene rings is 2. The van der Waals surface area contributed by atoms with Crippen LogP contribution in [0.2, 0.25) is 10.0 Å². The lowest BCUT2D eigenvalue weighted by Crippen LogP contribution is -2.48. The van der Waals surface area contributed by atoms with Gasteiger partial charge in [0.25, 0.3) is 10.0 Å². The van der Waals surface area contributed by atoms with E-state index in [1.54, 1.807) is 6.20 Å². The van der Waals surface area contributed by atoms with Crippen molar-refractivity contribution in [3.63, 3.8) is 0 Å². The van der Waals surface area contributed by atoms with E-state index in [4.69, 9.17) is 27.9 Å². The molecule has 1 atom stereocenters. The Bertz CT molecular complexity index is 1550. The molecule has 11 heteroatoms. The fourth-order valence-electron chi connectivity index (χ4n) is 6.45. The highest BCUT2D eigenvalue weighted by molar-refractivity contribution is 7.92. The van der Waals surface area contributed by atoms with E-state index >= 15 is 0 Å². The first kappa shape index (κ1) is 32.7. The number of sulfonamides is 1. The fraction of sp³-hybridized carbons (Fsp3) is 0.455. The first-order valence-electron chi connectivity index (χ1n) is 15.1. The predicted molar refractivity (Wildman–Crippen MR) is 175 cm³/mol. The van der Waals surface area contributed by atoms with E-state index in [1.165, 1.54) is 28.1 Å². The number of fused-ring (bicyclic) bond motifs is 1. The van der Waals surface area contributed by atoms with E-state index < -0.39 is 16.1 Å². The lowest BCUT2D eigenvalue weighted by molar-refractivity contribution is -0.138. The number of anilines is 1. The van der Waals surface area contributed by atoms with Crippen LogP contribution < -0.4 is 4.31 Å². The minimum atomic E-state index is -3.98. The molecule has 0 aliphatic carbocycles. The molecule has 1 fully saturated rings. The molecule has 1 aromatic heterocycles. The molecular formula is C33H40Cl2N4O4S. The van der Waals surface area contributed by atoms with Crippen LogP contribution in [-0.4, -0.2) is 82.1 Å². The Morgan fingerprint density at radius 3 is 2.55 bits per heavy atom. The zero-order chi connectivity index (χ0) is 31.3. The summed E-state index contributed by atoms with van der Waals surface area (Å²) < 4.78 is 35.3. The van der Waals surface area contributed by atoms with Gasteiger partial charge in [-0.3, -0.25) is 14.1 Å². The molecule has 0 radical (unpaired) electrons. The molecule has 0 N–H and O–H groups in total. The lowest BCUT2D eigenvalue weighted by Gasteiger charge is -2.42. The van der Waals surface area contributed by atoms with E-state index in [9.17, 15) is 13.2 Å². The number of carbonyl (C=O) groups is 1. The van der Waals surface area contributed by atoms with Crippen LogP contribution in [0.25, 0.3) is 0 Å². The third-order valence-electron chi connectivity index (χ3n) is 8.90. The molecule has 1 amide bonds. The van der Waals surface area contributed by atoms with Gasteiger partial charge < -0.3 is 14.5 Å². The Morgan fingerprint density at radius 2 is 1.84 bits per heavy atom. The zero-order valence-corrected chi connectivity index (χ0v) is 27.6. The van der Waals surface area contributed by atoms with Gasteiger partial charge in [-0.15, -0.1) is 0 Å². The van der Waals surface area contributed by atoms with Gasteiger partial charge in [-0.05, 0) is 101 Å². The summed E-state index contributed by atoms with van der Waals surface area (Å²) in [6.07, 6.45) is 8.90. The molecule has 2 aliphatic heterocycles. The Kier molecular flexibility index (Phi) is 10.5. The number of aryl methyl sites for hydroxylation is 1. The quantitative estimate of drug-likeness (QED) is 0.258. The predicted octanol–water partition coefficient (Wildman–Crippen LogP) is 5.82. The van der Waals surface area contributed by atoms with Crippen molar-refractivity contribution in [2.24, 2.45) is 0 Å². The molecule has 44 heavy (non-hydrogen) atoms. The largest absolute Gasteiger partial charge is 0.369 e. The molecule has 5 rings (SSSR count). The van der Waals surface area contributed by atoms with Gasteiger partial charge in [0.15, 0.2) is 0 Å². The smallest absolute Gasteiger partial charge is 0.264 e. The number of ether oxygens (including phenoxy) is 1. The number of amides is 1. The van der Waals surface area contributed by atoms with Gasteiger partial charge in [0.2, 0.25) is 5.91 Å². The van der Waals surface area contributed by atoms with Gasteiger partial charge in [-0.25, -0.2) is 8.42 Å². The van der Waals surface area contributed by atoms with Crippen molar-refractivity contribution >= 4 is 44.8 Å². The van der Waals surface area contributed by atoms with E-state index in [0.717, 1.165) is 37.8 Å². The zero-order valence-electron chi connectivity index (χ0n) is 25.3. The molecular weight excluding hydrogens is 619 g/mol. The van der Waals surface area contributed by atoms with Crippen LogP contribution in [0.4, 0.5) is 5.69 Å². The van der Waals surface area contributed by atoms with Crippen LogP contribution in [0.15, 0.2) is 71.9 Å². The minimum Gasteiger partial charge on any atom is -0.369 e. The number of hydrogen-bond acceptors (Lipinski definition) is 6. The van der Waals surface area contributed by atoms with Gasteiger partial charge in [-0.1, -0.05) is 47.5 Å². The van der Waals surface area contributed by atoms with Crippen LogP contribution in [-0.2, 0) is 31.4 Å². The maximum absolute atomic E-state index is 13.9. The van der Waals surface area contributed by atoms with Crippen molar-refractivity contribution in [3.05, 3.63) is 88.2 Å². The first-order chi connectivity index (χ1) is 21.1. The maximum Gasteiger partial charge on any atom is 0.264 e. The summed E-state index contributed by atoms with van der Waals surface area (Å²) in [5, 5.41) is 0.454. The number of pyridine rings is 1. The second-order valence-corrected chi connectivity index (χ2v) is 14.7. The number of hydrogen-bond donors (Lipinski definition) is 0. The molecule has 0 spiro atoms. The molecule has 1 saturated heterocycles. The SMILES string of the molecule is CN(C)CCCC1(c2cccnc2)CCN(C(=O)COCC2CCc3ccccc3N2S(=O)(=O)c2ccc(Cl)c(Cl)c2)CC1. The number of likely N-dealkylation sites (tertiary alicyclic amines) is 1. The second kappa shape index (κ2) is 14.2. The lowest BCUT2D eigenvalue weighted by atomic mass is 9.70. The number of carbonyl (C=O) groups excluding carboxylic acids is 1. The van der Waals surface area contributed by atoms with Crippen molar-refractivity contribution < 1.29 is 17.9 Å². The average Bonchev–Trinajstić information content (AvgIpc) is 3.02. The number of piperidine rings is 1. The molecule has 2 aliphatic rings. The van der Waals surface area contributed by atoms with Gasteiger partial charge in [-0.2, -0.15) is 0 Å². The molecule has 0 bridgehead atoms. The first-order valence-corrected chi connectivity index (χ1v) is 17.3. The van der Waals surface area contributed by atoms with Crippen molar-refractivity contribution in [2.75, 3.05) is 51.2 Å². The Morgan fingerprint density at radius 1 is 1.07 bits per heavy atom. The molecule has 0 saturated carbocycles. The number of aromatic nitrogens is 1. The van der Waals surface area contributed by atoms with Crippen LogP contribution in [0.5, 0.6) is 0 Å². The minimum absolute atomic E-state index is 0.00316. The van der Waals surface area contributed by atoms with Crippen LogP contribution in [0, 0.1) is 0 Å². The third-order valence-corrected chi connectivity index (χ3v) is 11.5. The Labute approximate surface area is 271 Å². The summed E-state index contributed by atoms with van der Waals surface area (Å²) in [6.45, 7) is 2.31. The molecule has 1 unspecified atom stereocenters. The average molecular weight is 660 g/mol. The summed E-state index contributed by atoms with van der Waals surface area (Å²) in [4.78, 5) is 21.8. The van der Waals surface area contributed by atoms with Crippen molar-refractivity contribution in [2.45, 2.75) is 54.9 Å².